The summed E-state index contributed by atoms with van der Waals surface area (Å²) in [6, 6.07) is 7.57. The van der Waals surface area contributed by atoms with Gasteiger partial charge < -0.3 is 4.90 Å². The predicted octanol–water partition coefficient (Wildman–Crippen LogP) is 2.69. The Morgan fingerprint density at radius 2 is 1.83 bits per heavy atom. The number of hydrogen-bond donors (Lipinski definition) is 0. The Morgan fingerprint density at radius 3 is 2.33 bits per heavy atom. The minimum absolute atomic E-state index is 0.100. The zero-order valence-electron chi connectivity index (χ0n) is 11.5. The Hall–Kier alpha value is -1.64. The summed E-state index contributed by atoms with van der Waals surface area (Å²) in [5, 5.41) is 0. The van der Waals surface area contributed by atoms with Gasteiger partial charge in [-0.1, -0.05) is 18.2 Å². The SMILES string of the molecule is CC(C)N(C(=O)Cc1cccc(C=O)c1)C(C)C. The average molecular weight is 247 g/mol. The van der Waals surface area contributed by atoms with Crippen LogP contribution in [-0.4, -0.2) is 29.2 Å². The van der Waals surface area contributed by atoms with E-state index in [-0.39, 0.29) is 18.0 Å². The Kier molecular flexibility index (Phi) is 5.08. The van der Waals surface area contributed by atoms with Crippen molar-refractivity contribution in [3.05, 3.63) is 35.4 Å². The first kappa shape index (κ1) is 14.4. The molecule has 0 aromatic heterocycles. The van der Waals surface area contributed by atoms with E-state index >= 15 is 0 Å². The second kappa shape index (κ2) is 6.34. The number of carbonyl (C=O) groups excluding carboxylic acids is 2. The third-order valence-electron chi connectivity index (χ3n) is 2.84. The first-order valence-corrected chi connectivity index (χ1v) is 6.31. The van der Waals surface area contributed by atoms with Crippen molar-refractivity contribution < 1.29 is 9.59 Å². The van der Waals surface area contributed by atoms with Crippen LogP contribution in [0.5, 0.6) is 0 Å². The topological polar surface area (TPSA) is 37.4 Å². The molecule has 1 amide bonds. The number of carbonyl (C=O) groups is 2. The van der Waals surface area contributed by atoms with Crippen molar-refractivity contribution in [2.45, 2.75) is 46.2 Å². The summed E-state index contributed by atoms with van der Waals surface area (Å²) in [6.07, 6.45) is 1.15. The minimum atomic E-state index is 0.100. The molecule has 0 saturated heterocycles. The monoisotopic (exact) mass is 247 g/mol. The van der Waals surface area contributed by atoms with E-state index < -0.39 is 0 Å². The number of nitrogens with zero attached hydrogens (tertiary/aromatic N) is 1. The smallest absolute Gasteiger partial charge is 0.227 e. The summed E-state index contributed by atoms with van der Waals surface area (Å²) >= 11 is 0. The minimum Gasteiger partial charge on any atom is -0.338 e. The third-order valence-corrected chi connectivity index (χ3v) is 2.84. The zero-order chi connectivity index (χ0) is 13.7. The van der Waals surface area contributed by atoms with Crippen LogP contribution in [0.1, 0.15) is 43.6 Å². The van der Waals surface area contributed by atoms with Gasteiger partial charge in [-0.25, -0.2) is 0 Å². The molecule has 3 nitrogen and oxygen atoms in total. The lowest BCUT2D eigenvalue weighted by Gasteiger charge is -2.31. The number of rotatable bonds is 5. The zero-order valence-corrected chi connectivity index (χ0v) is 11.5. The molecule has 0 fully saturated rings. The van der Waals surface area contributed by atoms with E-state index in [0.717, 1.165) is 11.8 Å². The molecule has 0 bridgehead atoms. The van der Waals surface area contributed by atoms with Gasteiger partial charge in [-0.15, -0.1) is 0 Å². The Balaban J connectivity index is 2.82. The largest absolute Gasteiger partial charge is 0.338 e. The molecule has 3 heteroatoms. The highest BCUT2D eigenvalue weighted by Crippen LogP contribution is 2.11. The van der Waals surface area contributed by atoms with Crippen LogP contribution < -0.4 is 0 Å². The molecule has 0 heterocycles. The van der Waals surface area contributed by atoms with Crippen molar-refractivity contribution in [3.63, 3.8) is 0 Å². The van der Waals surface area contributed by atoms with Crippen LogP contribution in [0.25, 0.3) is 0 Å². The van der Waals surface area contributed by atoms with E-state index in [1.165, 1.54) is 0 Å². The summed E-state index contributed by atoms with van der Waals surface area (Å²) in [4.78, 5) is 24.8. The Bertz CT molecular complexity index is 416. The molecule has 0 aliphatic carbocycles. The lowest BCUT2D eigenvalue weighted by Crippen LogP contribution is -2.42. The summed E-state index contributed by atoms with van der Waals surface area (Å²) in [6.45, 7) is 8.05. The fourth-order valence-corrected chi connectivity index (χ4v) is 2.21. The summed E-state index contributed by atoms with van der Waals surface area (Å²) in [5.41, 5.74) is 1.50. The summed E-state index contributed by atoms with van der Waals surface area (Å²) in [5.74, 6) is 0.100. The quantitative estimate of drug-likeness (QED) is 0.750. The average Bonchev–Trinajstić information content (AvgIpc) is 2.28. The van der Waals surface area contributed by atoms with Gasteiger partial charge >= 0.3 is 0 Å². The maximum absolute atomic E-state index is 12.2. The van der Waals surface area contributed by atoms with Gasteiger partial charge in [-0.2, -0.15) is 0 Å². The first-order chi connectivity index (χ1) is 8.45. The Morgan fingerprint density at radius 1 is 1.22 bits per heavy atom. The van der Waals surface area contributed by atoms with Crippen LogP contribution in [0.2, 0.25) is 0 Å². The van der Waals surface area contributed by atoms with E-state index in [9.17, 15) is 9.59 Å². The Labute approximate surface area is 109 Å². The summed E-state index contributed by atoms with van der Waals surface area (Å²) < 4.78 is 0. The molecule has 18 heavy (non-hydrogen) atoms. The predicted molar refractivity (Wildman–Crippen MR) is 72.7 cm³/mol. The molecule has 0 radical (unpaired) electrons. The molecule has 1 aromatic rings. The van der Waals surface area contributed by atoms with Gasteiger partial charge in [0.2, 0.25) is 5.91 Å². The van der Waals surface area contributed by atoms with E-state index in [2.05, 4.69) is 0 Å². The van der Waals surface area contributed by atoms with Crippen molar-refractivity contribution in [2.24, 2.45) is 0 Å². The van der Waals surface area contributed by atoms with E-state index in [0.29, 0.717) is 12.0 Å². The highest BCUT2D eigenvalue weighted by atomic mass is 16.2. The van der Waals surface area contributed by atoms with Crippen LogP contribution in [-0.2, 0) is 11.2 Å². The van der Waals surface area contributed by atoms with Crippen molar-refractivity contribution in [3.8, 4) is 0 Å². The van der Waals surface area contributed by atoms with Crippen molar-refractivity contribution in [2.75, 3.05) is 0 Å². The molecule has 0 spiro atoms. The van der Waals surface area contributed by atoms with Gasteiger partial charge in [-0.05, 0) is 39.3 Å². The van der Waals surface area contributed by atoms with Gasteiger partial charge in [0.25, 0.3) is 0 Å². The van der Waals surface area contributed by atoms with Crippen LogP contribution in [0.4, 0.5) is 0 Å². The number of benzene rings is 1. The molecular formula is C15H21NO2. The standard InChI is InChI=1S/C15H21NO2/c1-11(2)16(12(3)4)15(18)9-13-6-5-7-14(8-13)10-17/h5-8,10-12H,9H2,1-4H3. The highest BCUT2D eigenvalue weighted by Gasteiger charge is 2.19. The molecular weight excluding hydrogens is 226 g/mol. The lowest BCUT2D eigenvalue weighted by molar-refractivity contribution is -0.134. The molecule has 1 aromatic carbocycles. The highest BCUT2D eigenvalue weighted by molar-refractivity contribution is 5.80. The number of aldehydes is 1. The first-order valence-electron chi connectivity index (χ1n) is 6.31. The van der Waals surface area contributed by atoms with Crippen molar-refractivity contribution in [1.82, 2.24) is 4.90 Å². The van der Waals surface area contributed by atoms with Gasteiger partial charge in [0.15, 0.2) is 0 Å². The maximum Gasteiger partial charge on any atom is 0.227 e. The normalized spacial score (nSPS) is 10.8. The van der Waals surface area contributed by atoms with Crippen LogP contribution in [0.15, 0.2) is 24.3 Å². The molecule has 0 atom stereocenters. The van der Waals surface area contributed by atoms with Gasteiger partial charge in [0, 0.05) is 17.6 Å². The molecule has 0 unspecified atom stereocenters. The maximum atomic E-state index is 12.2. The second-order valence-corrected chi connectivity index (χ2v) is 5.03. The second-order valence-electron chi connectivity index (χ2n) is 5.03. The van der Waals surface area contributed by atoms with Crippen molar-refractivity contribution >= 4 is 12.2 Å². The van der Waals surface area contributed by atoms with Crippen LogP contribution in [0, 0.1) is 0 Å². The summed E-state index contributed by atoms with van der Waals surface area (Å²) in [7, 11) is 0. The molecule has 0 saturated carbocycles. The molecule has 0 aliphatic rings. The van der Waals surface area contributed by atoms with E-state index in [1.54, 1.807) is 18.2 Å². The molecule has 1 rings (SSSR count). The van der Waals surface area contributed by atoms with Crippen LogP contribution >= 0.6 is 0 Å². The fraction of sp³-hybridized carbons (Fsp3) is 0.467. The molecule has 0 aliphatic heterocycles. The lowest BCUT2D eigenvalue weighted by atomic mass is 10.1. The van der Waals surface area contributed by atoms with Gasteiger partial charge in [-0.3, -0.25) is 9.59 Å². The van der Waals surface area contributed by atoms with Crippen LogP contribution in [0.3, 0.4) is 0 Å². The third kappa shape index (κ3) is 3.69. The molecule has 0 N–H and O–H groups in total. The van der Waals surface area contributed by atoms with Gasteiger partial charge in [0.05, 0.1) is 6.42 Å². The number of amides is 1. The van der Waals surface area contributed by atoms with Crippen molar-refractivity contribution in [1.29, 1.82) is 0 Å². The fourth-order valence-electron chi connectivity index (χ4n) is 2.21. The molecule has 98 valence electrons. The van der Waals surface area contributed by atoms with Gasteiger partial charge in [0.1, 0.15) is 6.29 Å². The number of hydrogen-bond acceptors (Lipinski definition) is 2. The van der Waals surface area contributed by atoms with E-state index in [1.807, 2.05) is 38.7 Å². The van der Waals surface area contributed by atoms with E-state index in [4.69, 9.17) is 0 Å².